The molecule has 1 unspecified atom stereocenters. The van der Waals surface area contributed by atoms with Crippen LogP contribution in [0.15, 0.2) is 12.4 Å². The number of nitrogens with one attached hydrogen (secondary N) is 3. The Kier molecular flexibility index (Phi) is 5.19. The molecule has 0 spiro atoms. The van der Waals surface area contributed by atoms with Crippen LogP contribution in [0.3, 0.4) is 0 Å². The molecule has 0 aromatic carbocycles. The van der Waals surface area contributed by atoms with Gasteiger partial charge >= 0.3 is 6.03 Å². The Labute approximate surface area is 124 Å². The fourth-order valence-electron chi connectivity index (χ4n) is 2.43. The average molecular weight is 293 g/mol. The fraction of sp³-hybridized carbons (Fsp3) is 0.643. The van der Waals surface area contributed by atoms with Gasteiger partial charge in [0.15, 0.2) is 0 Å². The highest BCUT2D eigenvalue weighted by Gasteiger charge is 2.21. The van der Waals surface area contributed by atoms with Crippen molar-refractivity contribution in [1.82, 2.24) is 20.4 Å². The quantitative estimate of drug-likeness (QED) is 0.768. The number of hydrogen-bond donors (Lipinski definition) is 3. The zero-order chi connectivity index (χ0) is 15.2. The van der Waals surface area contributed by atoms with E-state index in [9.17, 15) is 9.59 Å². The zero-order valence-corrected chi connectivity index (χ0v) is 12.6. The highest BCUT2D eigenvalue weighted by Crippen LogP contribution is 2.17. The van der Waals surface area contributed by atoms with E-state index in [1.807, 2.05) is 6.92 Å². The van der Waals surface area contributed by atoms with Gasteiger partial charge in [0.2, 0.25) is 5.91 Å². The third-order valence-corrected chi connectivity index (χ3v) is 3.66. The molecule has 3 amide bonds. The van der Waals surface area contributed by atoms with Crippen LogP contribution in [0.2, 0.25) is 0 Å². The first-order chi connectivity index (χ1) is 10.1. The molecule has 7 heteroatoms. The molecule has 21 heavy (non-hydrogen) atoms. The Balaban J connectivity index is 1.76. The Morgan fingerprint density at radius 2 is 2.14 bits per heavy atom. The van der Waals surface area contributed by atoms with E-state index >= 15 is 0 Å². The predicted octanol–water partition coefficient (Wildman–Crippen LogP) is 1.47. The van der Waals surface area contributed by atoms with Crippen molar-refractivity contribution in [2.24, 2.45) is 0 Å². The summed E-state index contributed by atoms with van der Waals surface area (Å²) in [6, 6.07) is -0.709. The van der Waals surface area contributed by atoms with Gasteiger partial charge in [0.1, 0.15) is 6.04 Å². The van der Waals surface area contributed by atoms with Crippen molar-refractivity contribution in [2.45, 2.75) is 58.2 Å². The lowest BCUT2D eigenvalue weighted by Crippen LogP contribution is -2.48. The second-order valence-electron chi connectivity index (χ2n) is 5.39. The van der Waals surface area contributed by atoms with E-state index in [1.165, 1.54) is 0 Å². The van der Waals surface area contributed by atoms with E-state index in [0.717, 1.165) is 32.2 Å². The average Bonchev–Trinajstić information content (AvgIpc) is 3.09. The van der Waals surface area contributed by atoms with Crippen molar-refractivity contribution in [2.75, 3.05) is 5.32 Å². The maximum Gasteiger partial charge on any atom is 0.319 e. The minimum absolute atomic E-state index is 0.138. The Morgan fingerprint density at radius 3 is 2.76 bits per heavy atom. The molecule has 1 aliphatic rings. The van der Waals surface area contributed by atoms with Crippen LogP contribution in [0.4, 0.5) is 10.5 Å². The van der Waals surface area contributed by atoms with E-state index in [4.69, 9.17) is 0 Å². The molecule has 1 aliphatic carbocycles. The number of urea groups is 1. The number of rotatable bonds is 5. The maximum atomic E-state index is 12.0. The predicted molar refractivity (Wildman–Crippen MR) is 79.9 cm³/mol. The molecule has 2 rings (SSSR count). The van der Waals surface area contributed by atoms with Crippen molar-refractivity contribution in [3.8, 4) is 0 Å². The summed E-state index contributed by atoms with van der Waals surface area (Å²) < 4.78 is 1.71. The van der Waals surface area contributed by atoms with Crippen LogP contribution in [0.25, 0.3) is 0 Å². The molecule has 1 saturated carbocycles. The second kappa shape index (κ2) is 7.10. The molecule has 0 aliphatic heterocycles. The fourth-order valence-corrected chi connectivity index (χ4v) is 2.43. The normalized spacial score (nSPS) is 16.5. The molecule has 116 valence electrons. The molecule has 1 atom stereocenters. The number of hydrogen-bond acceptors (Lipinski definition) is 3. The van der Waals surface area contributed by atoms with Crippen LogP contribution >= 0.6 is 0 Å². The first-order valence-electron chi connectivity index (χ1n) is 7.49. The van der Waals surface area contributed by atoms with Gasteiger partial charge in [-0.25, -0.2) is 4.79 Å². The van der Waals surface area contributed by atoms with Crippen LogP contribution in [-0.4, -0.2) is 33.8 Å². The molecule has 0 bridgehead atoms. The molecule has 1 aromatic rings. The smallest absolute Gasteiger partial charge is 0.319 e. The lowest BCUT2D eigenvalue weighted by Gasteiger charge is -2.17. The van der Waals surface area contributed by atoms with E-state index < -0.39 is 12.1 Å². The number of aromatic nitrogens is 2. The number of anilines is 1. The standard InChI is InChI=1S/C14H23N5O2/c1-3-19-9-12(8-15-19)18-14(21)16-10(2)13(20)17-11-6-4-5-7-11/h8-11H,3-7H2,1-2H3,(H,17,20)(H2,16,18,21). The summed E-state index contributed by atoms with van der Waals surface area (Å²) in [6.07, 6.45) is 7.69. The SMILES string of the molecule is CCn1cc(NC(=O)NC(C)C(=O)NC2CCCC2)cn1. The van der Waals surface area contributed by atoms with Gasteiger partial charge in [-0.15, -0.1) is 0 Å². The number of aryl methyl sites for hydroxylation is 1. The summed E-state index contributed by atoms with van der Waals surface area (Å²) in [6.45, 7) is 4.38. The summed E-state index contributed by atoms with van der Waals surface area (Å²) in [5.41, 5.74) is 0.609. The number of carbonyl (C=O) groups excluding carboxylic acids is 2. The summed E-state index contributed by atoms with van der Waals surface area (Å²) in [4.78, 5) is 23.8. The summed E-state index contributed by atoms with van der Waals surface area (Å²) in [5.74, 6) is -0.138. The van der Waals surface area contributed by atoms with Gasteiger partial charge in [0, 0.05) is 18.8 Å². The molecular formula is C14H23N5O2. The highest BCUT2D eigenvalue weighted by atomic mass is 16.2. The van der Waals surface area contributed by atoms with Gasteiger partial charge in [-0.05, 0) is 26.7 Å². The van der Waals surface area contributed by atoms with Crippen LogP contribution < -0.4 is 16.0 Å². The minimum atomic E-state index is -0.563. The largest absolute Gasteiger partial charge is 0.352 e. The van der Waals surface area contributed by atoms with E-state index in [-0.39, 0.29) is 11.9 Å². The van der Waals surface area contributed by atoms with Crippen molar-refractivity contribution < 1.29 is 9.59 Å². The zero-order valence-electron chi connectivity index (χ0n) is 12.6. The Hall–Kier alpha value is -2.05. The summed E-state index contributed by atoms with van der Waals surface area (Å²) >= 11 is 0. The number of carbonyl (C=O) groups is 2. The summed E-state index contributed by atoms with van der Waals surface area (Å²) in [5, 5.41) is 12.3. The van der Waals surface area contributed by atoms with Crippen molar-refractivity contribution in [1.29, 1.82) is 0 Å². The van der Waals surface area contributed by atoms with Crippen LogP contribution in [0.5, 0.6) is 0 Å². The third kappa shape index (κ3) is 4.47. The van der Waals surface area contributed by atoms with Gasteiger partial charge < -0.3 is 16.0 Å². The van der Waals surface area contributed by atoms with Crippen molar-refractivity contribution >= 4 is 17.6 Å². The lowest BCUT2D eigenvalue weighted by atomic mass is 10.2. The first kappa shape index (κ1) is 15.3. The van der Waals surface area contributed by atoms with Gasteiger partial charge in [-0.2, -0.15) is 5.10 Å². The Morgan fingerprint density at radius 1 is 1.43 bits per heavy atom. The Bertz CT molecular complexity index is 493. The van der Waals surface area contributed by atoms with Crippen LogP contribution in [0.1, 0.15) is 39.5 Å². The number of nitrogens with zero attached hydrogens (tertiary/aromatic N) is 2. The number of amides is 3. The van der Waals surface area contributed by atoms with E-state index in [0.29, 0.717) is 5.69 Å². The van der Waals surface area contributed by atoms with Gasteiger partial charge in [-0.1, -0.05) is 12.8 Å². The van der Waals surface area contributed by atoms with Gasteiger partial charge in [0.05, 0.1) is 11.9 Å². The molecule has 0 saturated heterocycles. The lowest BCUT2D eigenvalue weighted by molar-refractivity contribution is -0.123. The van der Waals surface area contributed by atoms with Crippen LogP contribution in [-0.2, 0) is 11.3 Å². The molecule has 3 N–H and O–H groups in total. The second-order valence-corrected chi connectivity index (χ2v) is 5.39. The molecular weight excluding hydrogens is 270 g/mol. The molecule has 7 nitrogen and oxygen atoms in total. The van der Waals surface area contributed by atoms with Crippen molar-refractivity contribution in [3.63, 3.8) is 0 Å². The van der Waals surface area contributed by atoms with E-state index in [2.05, 4.69) is 21.0 Å². The maximum absolute atomic E-state index is 12.0. The molecule has 0 radical (unpaired) electrons. The first-order valence-corrected chi connectivity index (χ1v) is 7.49. The molecule has 1 heterocycles. The summed E-state index contributed by atoms with van der Waals surface area (Å²) in [7, 11) is 0. The van der Waals surface area contributed by atoms with Gasteiger partial charge in [0.25, 0.3) is 0 Å². The van der Waals surface area contributed by atoms with Crippen LogP contribution in [0, 0.1) is 0 Å². The van der Waals surface area contributed by atoms with Crippen molar-refractivity contribution in [3.05, 3.63) is 12.4 Å². The minimum Gasteiger partial charge on any atom is -0.352 e. The monoisotopic (exact) mass is 293 g/mol. The van der Waals surface area contributed by atoms with E-state index in [1.54, 1.807) is 24.0 Å². The molecule has 1 aromatic heterocycles. The third-order valence-electron chi connectivity index (χ3n) is 3.66. The highest BCUT2D eigenvalue weighted by molar-refractivity contribution is 5.93. The van der Waals surface area contributed by atoms with Gasteiger partial charge in [-0.3, -0.25) is 9.48 Å². The molecule has 1 fully saturated rings. The topological polar surface area (TPSA) is 88.0 Å².